The van der Waals surface area contributed by atoms with E-state index in [1.54, 1.807) is 35.2 Å². The Labute approximate surface area is 187 Å². The molecular weight excluding hydrogens is 470 g/mol. The lowest BCUT2D eigenvalue weighted by Crippen LogP contribution is -2.31. The van der Waals surface area contributed by atoms with Gasteiger partial charge in [0.15, 0.2) is 5.43 Å². The first-order valence-electron chi connectivity index (χ1n) is 9.81. The van der Waals surface area contributed by atoms with Gasteiger partial charge in [0.05, 0.1) is 23.1 Å². The topological polar surface area (TPSA) is 59.8 Å². The van der Waals surface area contributed by atoms with Gasteiger partial charge in [0.1, 0.15) is 5.58 Å². The molecule has 0 radical (unpaired) electrons. The summed E-state index contributed by atoms with van der Waals surface area (Å²) in [5, 5.41) is 1.04. The van der Waals surface area contributed by atoms with Gasteiger partial charge in [-0.25, -0.2) is 0 Å². The zero-order valence-electron chi connectivity index (χ0n) is 16.7. The summed E-state index contributed by atoms with van der Waals surface area (Å²) in [5.41, 5.74) is 1.40. The molecule has 156 valence electrons. The molecule has 1 aliphatic rings. The summed E-state index contributed by atoms with van der Waals surface area (Å²) >= 11 is 9.47. The van der Waals surface area contributed by atoms with Crippen molar-refractivity contribution < 1.29 is 13.9 Å². The van der Waals surface area contributed by atoms with Crippen LogP contribution in [-0.2, 0) is 4.74 Å². The molecule has 0 aliphatic carbocycles. The summed E-state index contributed by atoms with van der Waals surface area (Å²) in [6.07, 6.45) is 0.775. The highest BCUT2D eigenvalue weighted by atomic mass is 79.9. The highest BCUT2D eigenvalue weighted by Gasteiger charge is 2.42. The average molecular weight is 491 g/mol. The molecule has 5 nitrogen and oxygen atoms in total. The van der Waals surface area contributed by atoms with E-state index in [0.29, 0.717) is 41.1 Å². The van der Waals surface area contributed by atoms with Gasteiger partial charge in [-0.05, 0) is 56.2 Å². The van der Waals surface area contributed by atoms with Crippen LogP contribution in [0.15, 0.2) is 56.1 Å². The van der Waals surface area contributed by atoms with Crippen molar-refractivity contribution in [3.05, 3.63) is 79.1 Å². The van der Waals surface area contributed by atoms with Gasteiger partial charge in [-0.15, -0.1) is 0 Å². The molecule has 1 atom stereocenters. The molecule has 0 bridgehead atoms. The Bertz CT molecular complexity index is 1160. The molecule has 1 amide bonds. The second kappa shape index (κ2) is 8.53. The van der Waals surface area contributed by atoms with Crippen LogP contribution in [0.5, 0.6) is 0 Å². The highest BCUT2D eigenvalue weighted by Crippen LogP contribution is 2.38. The van der Waals surface area contributed by atoms with Gasteiger partial charge in [-0.1, -0.05) is 39.7 Å². The van der Waals surface area contributed by atoms with Crippen molar-refractivity contribution in [2.24, 2.45) is 0 Å². The molecular formula is C23H21BrClNO4. The molecule has 3 aromatic rings. The molecule has 0 unspecified atom stereocenters. The summed E-state index contributed by atoms with van der Waals surface area (Å²) in [5.74, 6) is -0.170. The zero-order chi connectivity index (χ0) is 21.4. The number of ether oxygens (including phenoxy) is 1. The summed E-state index contributed by atoms with van der Waals surface area (Å²) in [4.78, 5) is 28.4. The number of hydrogen-bond acceptors (Lipinski definition) is 4. The van der Waals surface area contributed by atoms with Crippen LogP contribution in [0.1, 0.15) is 48.0 Å². The number of amides is 1. The maximum atomic E-state index is 13.4. The van der Waals surface area contributed by atoms with Crippen molar-refractivity contribution in [2.75, 3.05) is 13.2 Å². The summed E-state index contributed by atoms with van der Waals surface area (Å²) in [6.45, 7) is 4.92. The molecule has 30 heavy (non-hydrogen) atoms. The van der Waals surface area contributed by atoms with Crippen molar-refractivity contribution in [3.8, 4) is 0 Å². The van der Waals surface area contributed by atoms with Gasteiger partial charge in [-0.2, -0.15) is 0 Å². The lowest BCUT2D eigenvalue weighted by atomic mass is 9.98. The predicted molar refractivity (Wildman–Crippen MR) is 120 cm³/mol. The molecule has 2 aromatic carbocycles. The zero-order valence-corrected chi connectivity index (χ0v) is 19.0. The van der Waals surface area contributed by atoms with E-state index in [-0.39, 0.29) is 23.2 Å². The van der Waals surface area contributed by atoms with Crippen LogP contribution in [0, 0.1) is 0 Å². The molecule has 2 heterocycles. The quantitative estimate of drug-likeness (QED) is 0.424. The molecule has 7 heteroatoms. The number of fused-ring (bicyclic) bond motifs is 2. The minimum absolute atomic E-state index is 0.111. The number of carbonyl (C=O) groups is 1. The molecule has 0 spiro atoms. The van der Waals surface area contributed by atoms with Crippen LogP contribution in [0.2, 0.25) is 5.02 Å². The average Bonchev–Trinajstić information content (AvgIpc) is 2.99. The lowest BCUT2D eigenvalue weighted by Gasteiger charge is -2.25. The minimum Gasteiger partial charge on any atom is -0.450 e. The first-order valence-corrected chi connectivity index (χ1v) is 11.0. The Balaban J connectivity index is 1.81. The third kappa shape index (κ3) is 3.92. The van der Waals surface area contributed by atoms with E-state index >= 15 is 0 Å². The largest absolute Gasteiger partial charge is 0.450 e. The van der Waals surface area contributed by atoms with Crippen LogP contribution in [0.4, 0.5) is 0 Å². The maximum Gasteiger partial charge on any atom is 0.290 e. The standard InChI is InChI=1S/C23H21BrClNO4/c1-13(2)29-11-3-10-26-20(14-4-7-16(25)8-5-14)19-21(27)17-12-15(24)6-9-18(17)30-22(19)23(26)28/h4-9,12-13,20H,3,10-11H2,1-2H3/t20-/m1/s1. The molecule has 1 aromatic heterocycles. The van der Waals surface area contributed by atoms with Crippen molar-refractivity contribution in [1.29, 1.82) is 0 Å². The number of benzene rings is 2. The van der Waals surface area contributed by atoms with Gasteiger partial charge >= 0.3 is 0 Å². The molecule has 4 rings (SSSR count). The normalized spacial score (nSPS) is 16.0. The van der Waals surface area contributed by atoms with E-state index in [1.165, 1.54) is 0 Å². The maximum absolute atomic E-state index is 13.4. The van der Waals surface area contributed by atoms with Crippen molar-refractivity contribution >= 4 is 44.4 Å². The van der Waals surface area contributed by atoms with Crippen molar-refractivity contribution in [1.82, 2.24) is 4.90 Å². The first kappa shape index (κ1) is 21.1. The fourth-order valence-corrected chi connectivity index (χ4v) is 4.26. The van der Waals surface area contributed by atoms with Crippen LogP contribution >= 0.6 is 27.5 Å². The van der Waals surface area contributed by atoms with Gasteiger partial charge in [0.2, 0.25) is 5.76 Å². The third-order valence-electron chi connectivity index (χ3n) is 5.11. The monoisotopic (exact) mass is 489 g/mol. The van der Waals surface area contributed by atoms with Gasteiger partial charge < -0.3 is 14.1 Å². The summed E-state index contributed by atoms with van der Waals surface area (Å²) < 4.78 is 12.3. The molecule has 1 aliphatic heterocycles. The second-order valence-electron chi connectivity index (χ2n) is 7.54. The van der Waals surface area contributed by atoms with Crippen LogP contribution in [0.3, 0.4) is 0 Å². The number of hydrogen-bond donors (Lipinski definition) is 0. The first-order chi connectivity index (χ1) is 14.4. The Kier molecular flexibility index (Phi) is 6.00. The lowest BCUT2D eigenvalue weighted by molar-refractivity contribution is 0.0593. The number of carbonyl (C=O) groups excluding carboxylic acids is 1. The van der Waals surface area contributed by atoms with E-state index in [4.69, 9.17) is 20.8 Å². The Morgan fingerprint density at radius 2 is 1.90 bits per heavy atom. The van der Waals surface area contributed by atoms with Gasteiger partial charge in [0.25, 0.3) is 5.91 Å². The van der Waals surface area contributed by atoms with Crippen molar-refractivity contribution in [2.45, 2.75) is 32.4 Å². The predicted octanol–water partition coefficient (Wildman–Crippen LogP) is 5.57. The van der Waals surface area contributed by atoms with E-state index in [0.717, 1.165) is 10.0 Å². The minimum atomic E-state index is -0.525. The van der Waals surface area contributed by atoms with E-state index < -0.39 is 6.04 Å². The van der Waals surface area contributed by atoms with Gasteiger partial charge in [0, 0.05) is 22.6 Å². The fraction of sp³-hybridized carbons (Fsp3) is 0.304. The van der Waals surface area contributed by atoms with E-state index in [1.807, 2.05) is 26.0 Å². The SMILES string of the molecule is CC(C)OCCCN1C(=O)c2oc3ccc(Br)cc3c(=O)c2[C@H]1c1ccc(Cl)cc1. The van der Waals surface area contributed by atoms with Crippen LogP contribution < -0.4 is 5.43 Å². The Morgan fingerprint density at radius 3 is 2.60 bits per heavy atom. The number of rotatable bonds is 6. The molecule has 0 fully saturated rings. The molecule has 0 saturated carbocycles. The number of halogens is 2. The van der Waals surface area contributed by atoms with Crippen LogP contribution in [-0.4, -0.2) is 30.1 Å². The van der Waals surface area contributed by atoms with E-state index in [2.05, 4.69) is 15.9 Å². The van der Waals surface area contributed by atoms with Crippen LogP contribution in [0.25, 0.3) is 11.0 Å². The Hall–Kier alpha value is -2.15. The Morgan fingerprint density at radius 1 is 1.17 bits per heavy atom. The number of nitrogens with zero attached hydrogens (tertiary/aromatic N) is 1. The summed E-state index contributed by atoms with van der Waals surface area (Å²) in [6, 6.07) is 11.9. The highest BCUT2D eigenvalue weighted by molar-refractivity contribution is 9.10. The van der Waals surface area contributed by atoms with Crippen molar-refractivity contribution in [3.63, 3.8) is 0 Å². The van der Waals surface area contributed by atoms with E-state index in [9.17, 15) is 9.59 Å². The van der Waals surface area contributed by atoms with Gasteiger partial charge in [-0.3, -0.25) is 9.59 Å². The molecule has 0 N–H and O–H groups in total. The second-order valence-corrected chi connectivity index (χ2v) is 8.89. The smallest absolute Gasteiger partial charge is 0.290 e. The summed E-state index contributed by atoms with van der Waals surface area (Å²) in [7, 11) is 0. The fourth-order valence-electron chi connectivity index (χ4n) is 3.77. The molecule has 0 saturated heterocycles. The third-order valence-corrected chi connectivity index (χ3v) is 5.85.